The molecule has 0 saturated carbocycles. The smallest absolute Gasteiger partial charge is 0.331 e. The van der Waals surface area contributed by atoms with E-state index in [1.54, 1.807) is 31.2 Å². The fourth-order valence-corrected chi connectivity index (χ4v) is 4.01. The molecule has 2 unspecified atom stereocenters. The zero-order valence-electron chi connectivity index (χ0n) is 15.0. The van der Waals surface area contributed by atoms with E-state index >= 15 is 0 Å². The molecule has 148 valence electrons. The van der Waals surface area contributed by atoms with Crippen molar-refractivity contribution in [2.45, 2.75) is 25.8 Å². The van der Waals surface area contributed by atoms with Crippen LogP contribution < -0.4 is 15.5 Å². The van der Waals surface area contributed by atoms with Gasteiger partial charge in [0.15, 0.2) is 6.04 Å². The molecule has 2 aliphatic heterocycles. The van der Waals surface area contributed by atoms with Crippen molar-refractivity contribution in [2.24, 2.45) is 9.57 Å². The van der Waals surface area contributed by atoms with Crippen LogP contribution in [-0.2, 0) is 25.1 Å². The number of para-hydroxylation sites is 1. The van der Waals surface area contributed by atoms with Crippen molar-refractivity contribution >= 4 is 45.9 Å². The number of benzene rings is 1. The van der Waals surface area contributed by atoms with Crippen LogP contribution in [0.15, 0.2) is 33.8 Å². The monoisotopic (exact) mass is 405 g/mol. The van der Waals surface area contributed by atoms with Crippen molar-refractivity contribution in [1.29, 1.82) is 0 Å². The summed E-state index contributed by atoms with van der Waals surface area (Å²) in [5.41, 5.74) is 1.60. The molecule has 1 aromatic rings. The highest BCUT2D eigenvalue weighted by molar-refractivity contribution is 7.88. The average Bonchev–Trinajstić information content (AvgIpc) is 3.04. The Bertz CT molecular complexity index is 913. The first-order chi connectivity index (χ1) is 13.4. The quantitative estimate of drug-likeness (QED) is 0.493. The summed E-state index contributed by atoms with van der Waals surface area (Å²) in [6, 6.07) is 4.77. The topological polar surface area (TPSA) is 141 Å². The van der Waals surface area contributed by atoms with Gasteiger partial charge in [-0.05, 0) is 30.1 Å². The summed E-state index contributed by atoms with van der Waals surface area (Å²) in [6.07, 6.45) is 0.301. The van der Waals surface area contributed by atoms with E-state index in [1.165, 1.54) is 0 Å². The van der Waals surface area contributed by atoms with Crippen molar-refractivity contribution in [2.75, 3.05) is 16.5 Å². The van der Waals surface area contributed by atoms with Gasteiger partial charge in [-0.15, -0.1) is 4.47 Å². The van der Waals surface area contributed by atoms with Gasteiger partial charge < -0.3 is 10.4 Å². The van der Waals surface area contributed by atoms with Gasteiger partial charge >= 0.3 is 12.0 Å². The second kappa shape index (κ2) is 8.30. The summed E-state index contributed by atoms with van der Waals surface area (Å²) in [5, 5.41) is 18.2. The molecule has 2 heterocycles. The number of hydrogen-bond acceptors (Lipinski definition) is 5. The highest BCUT2D eigenvalue weighted by atomic mass is 32.2. The first kappa shape index (κ1) is 19.7. The van der Waals surface area contributed by atoms with E-state index in [1.807, 2.05) is 0 Å². The summed E-state index contributed by atoms with van der Waals surface area (Å²) in [7, 11) is -0.471. The number of carboxylic acid groups (broad SMARTS) is 1. The SMILES string of the molecule is C/C(CCC(=O)NC(=O)N1c2ccccc2C1C(=O)O)=N\N=S1/CNC(=O)C1. The Morgan fingerprint density at radius 3 is 2.75 bits per heavy atom. The van der Waals surface area contributed by atoms with Crippen molar-refractivity contribution in [3.8, 4) is 0 Å². The number of carbonyl (C=O) groups is 4. The molecule has 2 atom stereocenters. The highest BCUT2D eigenvalue weighted by Crippen LogP contribution is 2.42. The van der Waals surface area contributed by atoms with Crippen molar-refractivity contribution in [1.82, 2.24) is 10.6 Å². The fourth-order valence-electron chi connectivity index (χ4n) is 2.81. The number of fused-ring (bicyclic) bond motifs is 1. The molecule has 0 aromatic heterocycles. The molecule has 11 heteroatoms. The molecule has 1 aromatic carbocycles. The number of nitrogens with zero attached hydrogens (tertiary/aromatic N) is 3. The molecule has 0 spiro atoms. The van der Waals surface area contributed by atoms with Crippen molar-refractivity contribution < 1.29 is 24.3 Å². The Morgan fingerprint density at radius 2 is 2.07 bits per heavy atom. The molecular weight excluding hydrogens is 386 g/mol. The van der Waals surface area contributed by atoms with Crippen LogP contribution in [0.1, 0.15) is 31.4 Å². The number of carboxylic acids is 1. The van der Waals surface area contributed by atoms with Gasteiger partial charge in [0.25, 0.3) is 0 Å². The maximum Gasteiger partial charge on any atom is 0.331 e. The van der Waals surface area contributed by atoms with E-state index < -0.39 is 34.6 Å². The number of nitrogens with one attached hydrogen (secondary N) is 2. The van der Waals surface area contributed by atoms with Crippen LogP contribution in [0.4, 0.5) is 10.5 Å². The third-order valence-corrected chi connectivity index (χ3v) is 5.61. The number of carbonyl (C=O) groups excluding carboxylic acids is 3. The zero-order valence-corrected chi connectivity index (χ0v) is 15.9. The standard InChI is InChI=1S/C17H19N5O5S/c1-10(20-21-28-8-14(24)18-9-28)6-7-13(23)19-17(27)22-12-5-3-2-4-11(12)15(22)16(25)26/h2-5,15H,6-9H2,1H3,(H,18,24)(H,25,26)(H,19,23,27)/b20-10+. The molecule has 3 rings (SSSR count). The van der Waals surface area contributed by atoms with Crippen LogP contribution >= 0.6 is 0 Å². The first-order valence-electron chi connectivity index (χ1n) is 8.50. The number of rotatable bonds is 5. The lowest BCUT2D eigenvalue weighted by Gasteiger charge is -2.39. The maximum absolute atomic E-state index is 12.3. The molecule has 4 amide bonds. The Labute approximate surface area is 163 Å². The predicted octanol–water partition coefficient (Wildman–Crippen LogP) is 0.914. The van der Waals surface area contributed by atoms with E-state index in [2.05, 4.69) is 20.2 Å². The molecule has 0 bridgehead atoms. The lowest BCUT2D eigenvalue weighted by atomic mass is 9.93. The number of imide groups is 1. The second-order valence-corrected chi connectivity index (χ2v) is 7.96. The summed E-state index contributed by atoms with van der Waals surface area (Å²) in [5.74, 6) is -0.939. The normalized spacial score (nSPS) is 21.0. The number of amides is 4. The van der Waals surface area contributed by atoms with Gasteiger partial charge in [0, 0.05) is 17.7 Å². The van der Waals surface area contributed by atoms with Crippen LogP contribution in [-0.4, -0.2) is 46.3 Å². The molecular formula is C17H19N5O5S. The number of anilines is 1. The van der Waals surface area contributed by atoms with Crippen molar-refractivity contribution in [3.63, 3.8) is 0 Å². The van der Waals surface area contributed by atoms with Gasteiger partial charge in [-0.1, -0.05) is 18.2 Å². The molecule has 1 saturated heterocycles. The molecule has 1 fully saturated rings. The number of urea groups is 1. The lowest BCUT2D eigenvalue weighted by molar-refractivity contribution is -0.139. The molecule has 28 heavy (non-hydrogen) atoms. The van der Waals surface area contributed by atoms with Crippen LogP contribution in [0.5, 0.6) is 0 Å². The van der Waals surface area contributed by atoms with Gasteiger partial charge in [0.05, 0.1) is 17.3 Å². The predicted molar refractivity (Wildman–Crippen MR) is 103 cm³/mol. The van der Waals surface area contributed by atoms with Gasteiger partial charge in [-0.2, -0.15) is 5.10 Å². The minimum Gasteiger partial charge on any atom is -0.479 e. The summed E-state index contributed by atoms with van der Waals surface area (Å²) in [6.45, 7) is 1.71. The van der Waals surface area contributed by atoms with Crippen LogP contribution in [0, 0.1) is 0 Å². The van der Waals surface area contributed by atoms with Gasteiger partial charge in [-0.25, -0.2) is 9.59 Å². The molecule has 10 nitrogen and oxygen atoms in total. The second-order valence-electron chi connectivity index (χ2n) is 6.29. The number of aliphatic carboxylic acids is 1. The van der Waals surface area contributed by atoms with E-state index in [9.17, 15) is 24.3 Å². The van der Waals surface area contributed by atoms with E-state index in [0.717, 1.165) is 4.90 Å². The van der Waals surface area contributed by atoms with E-state index in [4.69, 9.17) is 0 Å². The van der Waals surface area contributed by atoms with Crippen LogP contribution in [0.3, 0.4) is 0 Å². The summed E-state index contributed by atoms with van der Waals surface area (Å²) >= 11 is 0. The van der Waals surface area contributed by atoms with Gasteiger partial charge in [0.2, 0.25) is 11.8 Å². The molecule has 0 aliphatic carbocycles. The highest BCUT2D eigenvalue weighted by Gasteiger charge is 2.43. The molecule has 0 radical (unpaired) electrons. The zero-order chi connectivity index (χ0) is 20.3. The Balaban J connectivity index is 1.53. The fraction of sp³-hybridized carbons (Fsp3) is 0.353. The Hall–Kier alpha value is -3.08. The van der Waals surface area contributed by atoms with Gasteiger partial charge in [0.1, 0.15) is 0 Å². The van der Waals surface area contributed by atoms with E-state index in [-0.39, 0.29) is 12.3 Å². The Kier molecular flexibility index (Phi) is 5.83. The minimum atomic E-state index is -1.16. The van der Waals surface area contributed by atoms with Gasteiger partial charge in [-0.3, -0.25) is 19.8 Å². The summed E-state index contributed by atoms with van der Waals surface area (Å²) < 4.78 is 4.08. The van der Waals surface area contributed by atoms with Crippen molar-refractivity contribution in [3.05, 3.63) is 29.8 Å². The minimum absolute atomic E-state index is 0.00871. The Morgan fingerprint density at radius 1 is 1.32 bits per heavy atom. The van der Waals surface area contributed by atoms with Crippen LogP contribution in [0.2, 0.25) is 0 Å². The largest absolute Gasteiger partial charge is 0.479 e. The summed E-state index contributed by atoms with van der Waals surface area (Å²) in [4.78, 5) is 47.9. The first-order valence-corrected chi connectivity index (χ1v) is 10.0. The average molecular weight is 405 g/mol. The third-order valence-electron chi connectivity index (χ3n) is 4.22. The van der Waals surface area contributed by atoms with E-state index in [0.29, 0.717) is 35.0 Å². The number of hydrogen-bond donors (Lipinski definition) is 3. The molecule has 3 N–H and O–H groups in total. The maximum atomic E-state index is 12.3. The molecule has 2 aliphatic rings. The third kappa shape index (κ3) is 4.25. The van der Waals surface area contributed by atoms with Crippen LogP contribution in [0.25, 0.3) is 0 Å². The lowest BCUT2D eigenvalue weighted by Crippen LogP contribution is -2.52.